The molecule has 2 aromatic rings. The molecule has 4 rings (SSSR count). The van der Waals surface area contributed by atoms with Crippen LogP contribution < -0.4 is 4.90 Å². The van der Waals surface area contributed by atoms with Gasteiger partial charge in [0.15, 0.2) is 0 Å². The number of likely N-dealkylation sites (N-methyl/N-ethyl adjacent to an activating group) is 1. The fourth-order valence-corrected chi connectivity index (χ4v) is 4.02. The normalized spacial score (nSPS) is 25.0. The van der Waals surface area contributed by atoms with E-state index < -0.39 is 0 Å². The molecular formula is C21H25N3O2. The number of hydrogen-bond donors (Lipinski definition) is 0. The van der Waals surface area contributed by atoms with Gasteiger partial charge < -0.3 is 14.5 Å². The maximum absolute atomic E-state index is 12.8. The average molecular weight is 351 g/mol. The maximum Gasteiger partial charge on any atom is 0.251 e. The zero-order valence-corrected chi connectivity index (χ0v) is 15.1. The Kier molecular flexibility index (Phi) is 4.89. The van der Waals surface area contributed by atoms with Gasteiger partial charge in [0.25, 0.3) is 5.91 Å². The lowest BCUT2D eigenvalue weighted by molar-refractivity contribution is -0.142. The molecule has 0 unspecified atom stereocenters. The summed E-state index contributed by atoms with van der Waals surface area (Å²) in [6.45, 7) is 2.41. The molecule has 0 N–H and O–H groups in total. The second-order valence-electron chi connectivity index (χ2n) is 7.24. The van der Waals surface area contributed by atoms with E-state index in [4.69, 9.17) is 4.74 Å². The summed E-state index contributed by atoms with van der Waals surface area (Å²) in [5.74, 6) is 0.545. The first-order valence-electron chi connectivity index (χ1n) is 9.31. The highest BCUT2D eigenvalue weighted by atomic mass is 16.5. The summed E-state index contributed by atoms with van der Waals surface area (Å²) in [4.78, 5) is 21.2. The summed E-state index contributed by atoms with van der Waals surface area (Å²) in [7, 11) is 1.83. The van der Waals surface area contributed by atoms with Crippen LogP contribution in [-0.4, -0.2) is 48.1 Å². The lowest BCUT2D eigenvalue weighted by Crippen LogP contribution is -2.42. The minimum atomic E-state index is -0.325. The van der Waals surface area contributed by atoms with E-state index in [0.29, 0.717) is 12.5 Å². The molecule has 0 aliphatic carbocycles. The van der Waals surface area contributed by atoms with E-state index in [0.717, 1.165) is 31.6 Å². The van der Waals surface area contributed by atoms with Crippen LogP contribution in [0.15, 0.2) is 54.7 Å². The Hall–Kier alpha value is -2.40. The SMILES string of the molecule is CN(Cc1ccccn1)C(=O)[C@@H]1C[C@H]2CCN(c3ccccc3)C[C@@H]2O1. The smallest absolute Gasteiger partial charge is 0.251 e. The number of pyridine rings is 1. The number of carbonyl (C=O) groups excluding carboxylic acids is 1. The first kappa shape index (κ1) is 17.0. The number of benzene rings is 1. The number of amides is 1. The van der Waals surface area contributed by atoms with E-state index in [1.807, 2.05) is 31.3 Å². The quantitative estimate of drug-likeness (QED) is 0.850. The number of anilines is 1. The highest BCUT2D eigenvalue weighted by Crippen LogP contribution is 2.35. The van der Waals surface area contributed by atoms with Crippen molar-refractivity contribution >= 4 is 11.6 Å². The molecule has 1 amide bonds. The Morgan fingerprint density at radius 3 is 2.81 bits per heavy atom. The van der Waals surface area contributed by atoms with Crippen molar-refractivity contribution < 1.29 is 9.53 Å². The Bertz CT molecular complexity index is 737. The molecule has 1 aromatic heterocycles. The number of rotatable bonds is 4. The first-order chi connectivity index (χ1) is 12.7. The Morgan fingerprint density at radius 1 is 1.23 bits per heavy atom. The van der Waals surface area contributed by atoms with Crippen molar-refractivity contribution in [1.82, 2.24) is 9.88 Å². The summed E-state index contributed by atoms with van der Waals surface area (Å²) < 4.78 is 6.18. The van der Waals surface area contributed by atoms with Crippen molar-refractivity contribution in [1.29, 1.82) is 0 Å². The van der Waals surface area contributed by atoms with Crippen LogP contribution in [-0.2, 0) is 16.1 Å². The highest BCUT2D eigenvalue weighted by molar-refractivity contribution is 5.81. The second kappa shape index (κ2) is 7.46. The summed E-state index contributed by atoms with van der Waals surface area (Å²) in [6.07, 6.45) is 3.48. The molecule has 3 atom stereocenters. The van der Waals surface area contributed by atoms with Crippen molar-refractivity contribution in [2.45, 2.75) is 31.6 Å². The minimum absolute atomic E-state index is 0.0660. The molecule has 0 spiro atoms. The lowest BCUT2D eigenvalue weighted by atomic mass is 9.91. The number of ether oxygens (including phenoxy) is 1. The average Bonchev–Trinajstić information content (AvgIpc) is 3.12. The zero-order chi connectivity index (χ0) is 17.9. The van der Waals surface area contributed by atoms with Gasteiger partial charge in [-0.05, 0) is 43.0 Å². The number of para-hydroxylation sites is 1. The number of piperidine rings is 1. The summed E-state index contributed by atoms with van der Waals surface area (Å²) in [5, 5.41) is 0. The summed E-state index contributed by atoms with van der Waals surface area (Å²) in [6, 6.07) is 16.2. The standard InChI is InChI=1S/C21H25N3O2/c1-23(14-17-7-5-6-11-22-17)21(25)19-13-16-10-12-24(15-20(16)26-19)18-8-3-2-4-9-18/h2-9,11,16,19-20H,10,12-15H2,1H3/t16-,19+,20+/m1/s1. The van der Waals surface area contributed by atoms with Crippen LogP contribution in [0.25, 0.3) is 0 Å². The van der Waals surface area contributed by atoms with Crippen LogP contribution in [0.4, 0.5) is 5.69 Å². The van der Waals surface area contributed by atoms with Gasteiger partial charge in [0.2, 0.25) is 0 Å². The van der Waals surface area contributed by atoms with E-state index in [9.17, 15) is 4.79 Å². The molecule has 2 aliphatic heterocycles. The number of carbonyl (C=O) groups is 1. The maximum atomic E-state index is 12.8. The zero-order valence-electron chi connectivity index (χ0n) is 15.1. The Labute approximate surface area is 154 Å². The fraction of sp³-hybridized carbons (Fsp3) is 0.429. The topological polar surface area (TPSA) is 45.7 Å². The summed E-state index contributed by atoms with van der Waals surface area (Å²) >= 11 is 0. The third-order valence-electron chi connectivity index (χ3n) is 5.45. The molecule has 0 saturated carbocycles. The molecule has 2 fully saturated rings. The van der Waals surface area contributed by atoms with Crippen molar-refractivity contribution in [3.05, 3.63) is 60.4 Å². The van der Waals surface area contributed by atoms with Crippen molar-refractivity contribution in [3.63, 3.8) is 0 Å². The molecule has 2 saturated heterocycles. The van der Waals surface area contributed by atoms with Crippen molar-refractivity contribution in [3.8, 4) is 0 Å². The highest BCUT2D eigenvalue weighted by Gasteiger charge is 2.42. The van der Waals surface area contributed by atoms with Crippen LogP contribution in [0.2, 0.25) is 0 Å². The van der Waals surface area contributed by atoms with Crippen LogP contribution in [0.3, 0.4) is 0 Å². The first-order valence-corrected chi connectivity index (χ1v) is 9.31. The third-order valence-corrected chi connectivity index (χ3v) is 5.45. The molecule has 1 aromatic carbocycles. The van der Waals surface area contributed by atoms with Crippen LogP contribution >= 0.6 is 0 Å². The van der Waals surface area contributed by atoms with E-state index >= 15 is 0 Å². The molecule has 5 heteroatoms. The van der Waals surface area contributed by atoms with Crippen molar-refractivity contribution in [2.24, 2.45) is 5.92 Å². The van der Waals surface area contributed by atoms with Crippen LogP contribution in [0.5, 0.6) is 0 Å². The number of nitrogens with zero attached hydrogens (tertiary/aromatic N) is 3. The van der Waals surface area contributed by atoms with Gasteiger partial charge in [-0.15, -0.1) is 0 Å². The van der Waals surface area contributed by atoms with Gasteiger partial charge in [0.05, 0.1) is 18.3 Å². The predicted octanol–water partition coefficient (Wildman–Crippen LogP) is 2.72. The number of hydrogen-bond acceptors (Lipinski definition) is 4. The predicted molar refractivity (Wildman–Crippen MR) is 101 cm³/mol. The van der Waals surface area contributed by atoms with Gasteiger partial charge in [-0.1, -0.05) is 24.3 Å². The minimum Gasteiger partial charge on any atom is -0.369 e. The molecule has 136 valence electrons. The second-order valence-corrected chi connectivity index (χ2v) is 7.24. The van der Waals surface area contributed by atoms with Gasteiger partial charge >= 0.3 is 0 Å². The van der Waals surface area contributed by atoms with E-state index in [1.165, 1.54) is 5.69 Å². The van der Waals surface area contributed by atoms with Crippen molar-refractivity contribution in [2.75, 3.05) is 25.0 Å². The molecule has 5 nitrogen and oxygen atoms in total. The van der Waals surface area contributed by atoms with Gasteiger partial charge in [-0.2, -0.15) is 0 Å². The van der Waals surface area contributed by atoms with E-state index in [-0.39, 0.29) is 18.1 Å². The third kappa shape index (κ3) is 3.58. The molecule has 0 radical (unpaired) electrons. The summed E-state index contributed by atoms with van der Waals surface area (Å²) in [5.41, 5.74) is 2.13. The van der Waals surface area contributed by atoms with Gasteiger partial charge in [0, 0.05) is 32.0 Å². The van der Waals surface area contributed by atoms with Gasteiger partial charge in [-0.3, -0.25) is 9.78 Å². The Balaban J connectivity index is 1.36. The molecule has 2 aliphatic rings. The molecular weight excluding hydrogens is 326 g/mol. The fourth-order valence-electron chi connectivity index (χ4n) is 4.02. The van der Waals surface area contributed by atoms with E-state index in [1.54, 1.807) is 11.1 Å². The van der Waals surface area contributed by atoms with Crippen LogP contribution in [0.1, 0.15) is 18.5 Å². The molecule has 3 heterocycles. The lowest BCUT2D eigenvalue weighted by Gasteiger charge is -2.35. The van der Waals surface area contributed by atoms with Gasteiger partial charge in [0.1, 0.15) is 6.10 Å². The molecule has 0 bridgehead atoms. The number of aromatic nitrogens is 1. The largest absolute Gasteiger partial charge is 0.369 e. The van der Waals surface area contributed by atoms with Gasteiger partial charge in [-0.25, -0.2) is 0 Å². The van der Waals surface area contributed by atoms with Crippen LogP contribution in [0, 0.1) is 5.92 Å². The molecule has 26 heavy (non-hydrogen) atoms. The monoisotopic (exact) mass is 351 g/mol. The van der Waals surface area contributed by atoms with E-state index in [2.05, 4.69) is 34.1 Å². The number of fused-ring (bicyclic) bond motifs is 1. The Morgan fingerprint density at radius 2 is 2.04 bits per heavy atom.